The molecule has 3 rings (SSSR count). The summed E-state index contributed by atoms with van der Waals surface area (Å²) in [7, 11) is 2.78. The van der Waals surface area contributed by atoms with Gasteiger partial charge in [0.25, 0.3) is 0 Å². The number of methoxy groups -OCH3 is 2. The fourth-order valence-electron chi connectivity index (χ4n) is 6.01. The summed E-state index contributed by atoms with van der Waals surface area (Å²) in [6.07, 6.45) is 28.0. The molecule has 0 bridgehead atoms. The number of hydrogen-bond acceptors (Lipinski definition) is 6. The van der Waals surface area contributed by atoms with Gasteiger partial charge in [0.15, 0.2) is 0 Å². The van der Waals surface area contributed by atoms with Crippen LogP contribution in [0, 0.1) is 0 Å². The topological polar surface area (TPSA) is 71.1 Å². The van der Waals surface area contributed by atoms with Crippen molar-refractivity contribution in [3.05, 3.63) is 94.0 Å². The van der Waals surface area contributed by atoms with Crippen molar-refractivity contribution in [3.63, 3.8) is 0 Å². The fourth-order valence-corrected chi connectivity index (χ4v) is 6.01. The van der Waals surface area contributed by atoms with E-state index < -0.39 is 0 Å². The lowest BCUT2D eigenvalue weighted by Gasteiger charge is -2.16. The van der Waals surface area contributed by atoms with Crippen LogP contribution in [0.4, 0.5) is 0 Å². The third kappa shape index (κ3) is 15.9. The van der Waals surface area contributed by atoms with Gasteiger partial charge < -0.3 is 18.9 Å². The van der Waals surface area contributed by atoms with E-state index in [4.69, 9.17) is 18.9 Å². The van der Waals surface area contributed by atoms with Crippen LogP contribution in [-0.2, 0) is 9.47 Å². The van der Waals surface area contributed by atoms with E-state index in [1.807, 2.05) is 36.4 Å². The lowest BCUT2D eigenvalue weighted by Crippen LogP contribution is -2.03. The number of rotatable bonds is 26. The molecule has 0 saturated carbocycles. The number of hydrogen-bond donors (Lipinski definition) is 0. The van der Waals surface area contributed by atoms with Gasteiger partial charge in [-0.2, -0.15) is 0 Å². The quantitative estimate of drug-likeness (QED) is 0.0469. The van der Waals surface area contributed by atoms with E-state index in [0.717, 1.165) is 59.4 Å². The summed E-state index contributed by atoms with van der Waals surface area (Å²) in [5.41, 5.74) is 4.82. The van der Waals surface area contributed by atoms with Gasteiger partial charge in [-0.15, -0.1) is 0 Å². The zero-order chi connectivity index (χ0) is 37.2. The van der Waals surface area contributed by atoms with E-state index in [2.05, 4.69) is 38.1 Å². The van der Waals surface area contributed by atoms with Crippen LogP contribution in [-0.4, -0.2) is 39.4 Å². The highest BCUT2D eigenvalue weighted by Crippen LogP contribution is 2.33. The van der Waals surface area contributed by atoms with E-state index in [1.54, 1.807) is 24.3 Å². The van der Waals surface area contributed by atoms with Crippen LogP contribution in [0.5, 0.6) is 11.5 Å². The van der Waals surface area contributed by atoms with Gasteiger partial charge in [0.1, 0.15) is 11.5 Å². The second kappa shape index (κ2) is 25.6. The molecule has 0 fully saturated rings. The molecular formula is C46H62O6. The Kier molecular flexibility index (Phi) is 20.7. The number of benzene rings is 3. The Labute approximate surface area is 313 Å². The van der Waals surface area contributed by atoms with Crippen molar-refractivity contribution < 1.29 is 28.5 Å². The molecule has 0 aliphatic carbocycles. The predicted octanol–water partition coefficient (Wildman–Crippen LogP) is 12.6. The minimum Gasteiger partial charge on any atom is -0.493 e. The maximum Gasteiger partial charge on any atom is 0.337 e. The van der Waals surface area contributed by atoms with Crippen molar-refractivity contribution in [1.29, 1.82) is 0 Å². The average molecular weight is 711 g/mol. The molecule has 0 N–H and O–H groups in total. The van der Waals surface area contributed by atoms with Crippen LogP contribution in [0.15, 0.2) is 60.7 Å². The monoisotopic (exact) mass is 710 g/mol. The first-order chi connectivity index (χ1) is 25.5. The van der Waals surface area contributed by atoms with Crippen molar-refractivity contribution in [1.82, 2.24) is 0 Å². The fraction of sp³-hybridized carbons (Fsp3) is 0.478. The predicted molar refractivity (Wildman–Crippen MR) is 216 cm³/mol. The van der Waals surface area contributed by atoms with Crippen LogP contribution in [0.25, 0.3) is 24.3 Å². The highest BCUT2D eigenvalue weighted by atomic mass is 16.5. The SMILES string of the molecule is CCCCCCCCCCOc1cc(/C=C/c2ccc(C(=O)OC)cc2)c(OCCCCCCCCCC)cc1/C=C/c1ccc(C(=O)OC)cc1. The van der Waals surface area contributed by atoms with E-state index in [9.17, 15) is 9.59 Å². The minimum atomic E-state index is -0.353. The summed E-state index contributed by atoms with van der Waals surface area (Å²) in [4.78, 5) is 23.9. The molecule has 6 heteroatoms. The van der Waals surface area contributed by atoms with Gasteiger partial charge in [0.05, 0.1) is 38.6 Å². The molecule has 0 spiro atoms. The Balaban J connectivity index is 1.83. The van der Waals surface area contributed by atoms with Gasteiger partial charge >= 0.3 is 11.9 Å². The van der Waals surface area contributed by atoms with Crippen LogP contribution >= 0.6 is 0 Å². The van der Waals surface area contributed by atoms with Crippen molar-refractivity contribution in [2.45, 2.75) is 117 Å². The maximum atomic E-state index is 11.9. The van der Waals surface area contributed by atoms with Crippen LogP contribution in [0.1, 0.15) is 160 Å². The molecule has 0 radical (unpaired) electrons. The third-order valence-electron chi connectivity index (χ3n) is 9.23. The number of unbranched alkanes of at least 4 members (excludes halogenated alkanes) is 14. The highest BCUT2D eigenvalue weighted by Gasteiger charge is 2.11. The minimum absolute atomic E-state index is 0.353. The Morgan fingerprint density at radius 2 is 0.788 bits per heavy atom. The van der Waals surface area contributed by atoms with Gasteiger partial charge in [-0.1, -0.05) is 152 Å². The summed E-state index contributed by atoms with van der Waals surface area (Å²) < 4.78 is 22.7. The molecule has 0 unspecified atom stereocenters. The molecule has 0 atom stereocenters. The van der Waals surface area contributed by atoms with E-state index >= 15 is 0 Å². The lowest BCUT2D eigenvalue weighted by atomic mass is 10.0. The Hall–Kier alpha value is -4.32. The Morgan fingerprint density at radius 1 is 0.462 bits per heavy atom. The normalized spacial score (nSPS) is 11.3. The highest BCUT2D eigenvalue weighted by molar-refractivity contribution is 5.90. The Bertz CT molecular complexity index is 1390. The van der Waals surface area contributed by atoms with Gasteiger partial charge in [0.2, 0.25) is 0 Å². The molecular weight excluding hydrogens is 649 g/mol. The van der Waals surface area contributed by atoms with E-state index in [1.165, 1.54) is 91.3 Å². The first kappa shape index (κ1) is 42.1. The van der Waals surface area contributed by atoms with Gasteiger partial charge in [-0.25, -0.2) is 9.59 Å². The van der Waals surface area contributed by atoms with Gasteiger partial charge in [-0.05, 0) is 60.4 Å². The third-order valence-corrected chi connectivity index (χ3v) is 9.23. The second-order valence-corrected chi connectivity index (χ2v) is 13.5. The van der Waals surface area contributed by atoms with Crippen molar-refractivity contribution in [3.8, 4) is 11.5 Å². The molecule has 282 valence electrons. The molecule has 0 amide bonds. The summed E-state index contributed by atoms with van der Waals surface area (Å²) in [5.74, 6) is 0.887. The molecule has 0 aliphatic heterocycles. The summed E-state index contributed by atoms with van der Waals surface area (Å²) in [6, 6.07) is 18.9. The second-order valence-electron chi connectivity index (χ2n) is 13.5. The first-order valence-corrected chi connectivity index (χ1v) is 19.7. The van der Waals surface area contributed by atoms with Crippen molar-refractivity contribution in [2.24, 2.45) is 0 Å². The molecule has 0 saturated heterocycles. The number of ether oxygens (including phenoxy) is 4. The number of carbonyl (C=O) groups excluding carboxylic acids is 2. The van der Waals surface area contributed by atoms with Gasteiger partial charge in [-0.3, -0.25) is 0 Å². The van der Waals surface area contributed by atoms with Crippen LogP contribution in [0.2, 0.25) is 0 Å². The molecule has 6 nitrogen and oxygen atoms in total. The molecule has 0 aliphatic rings. The maximum absolute atomic E-state index is 11.9. The summed E-state index contributed by atoms with van der Waals surface area (Å²) >= 11 is 0. The average Bonchev–Trinajstić information content (AvgIpc) is 3.18. The Morgan fingerprint density at radius 3 is 1.12 bits per heavy atom. The molecule has 52 heavy (non-hydrogen) atoms. The zero-order valence-electron chi connectivity index (χ0n) is 32.3. The standard InChI is InChI=1S/C46H62O6/c1-5-7-9-11-13-15-17-19-33-51-43-35-42(32-26-38-23-29-40(30-24-38)46(48)50-4)44(52-34-20-18-16-14-12-10-8-6-2)36-41(43)31-25-37-21-27-39(28-22-37)45(47)49-3/h21-32,35-36H,5-20,33-34H2,1-4H3/b31-25+,32-26+. The molecule has 0 heterocycles. The summed E-state index contributed by atoms with van der Waals surface area (Å²) in [5, 5.41) is 0. The van der Waals surface area contributed by atoms with E-state index in [-0.39, 0.29) is 11.9 Å². The van der Waals surface area contributed by atoms with Crippen molar-refractivity contribution >= 4 is 36.2 Å². The lowest BCUT2D eigenvalue weighted by molar-refractivity contribution is 0.0592. The number of carbonyl (C=O) groups is 2. The van der Waals surface area contributed by atoms with Crippen molar-refractivity contribution in [2.75, 3.05) is 27.4 Å². The number of esters is 2. The molecule has 0 aromatic heterocycles. The first-order valence-electron chi connectivity index (χ1n) is 19.7. The summed E-state index contributed by atoms with van der Waals surface area (Å²) in [6.45, 7) is 5.78. The molecule has 3 aromatic carbocycles. The molecule has 3 aromatic rings. The van der Waals surface area contributed by atoms with Gasteiger partial charge in [0, 0.05) is 11.1 Å². The largest absolute Gasteiger partial charge is 0.493 e. The zero-order valence-corrected chi connectivity index (χ0v) is 32.3. The van der Waals surface area contributed by atoms with Crippen LogP contribution < -0.4 is 9.47 Å². The smallest absolute Gasteiger partial charge is 0.337 e. The van der Waals surface area contributed by atoms with E-state index in [0.29, 0.717) is 24.3 Å². The van der Waals surface area contributed by atoms with Crippen LogP contribution in [0.3, 0.4) is 0 Å².